The summed E-state index contributed by atoms with van der Waals surface area (Å²) in [7, 11) is 0. The van der Waals surface area contributed by atoms with Crippen LogP contribution in [0.1, 0.15) is 35.1 Å². The lowest BCUT2D eigenvalue weighted by Crippen LogP contribution is -2.48. The zero-order chi connectivity index (χ0) is 24.4. The Labute approximate surface area is 212 Å². The van der Waals surface area contributed by atoms with E-state index in [2.05, 4.69) is 66.3 Å². The minimum atomic E-state index is -1.24. The highest BCUT2D eigenvalue weighted by atomic mass is 32.2. The summed E-state index contributed by atoms with van der Waals surface area (Å²) >= 11 is 1.62. The molecule has 180 valence electrons. The molecule has 2 heterocycles. The highest BCUT2D eigenvalue weighted by molar-refractivity contribution is 8.13. The van der Waals surface area contributed by atoms with E-state index in [0.29, 0.717) is 6.54 Å². The molecule has 0 N–H and O–H groups in total. The van der Waals surface area contributed by atoms with Crippen LogP contribution >= 0.6 is 11.8 Å². The molecular formula is C29H32N4OS. The van der Waals surface area contributed by atoms with Gasteiger partial charge in [0.15, 0.2) is 5.17 Å². The van der Waals surface area contributed by atoms with Crippen LogP contribution in [0.4, 0.5) is 5.69 Å². The normalized spacial score (nSPS) is 20.7. The first-order valence-electron chi connectivity index (χ1n) is 12.2. The number of amidine groups is 1. The molecule has 0 aliphatic carbocycles. The fraction of sp³-hybridized carbons (Fsp3) is 0.310. The van der Waals surface area contributed by atoms with Gasteiger partial charge in [0, 0.05) is 24.3 Å². The van der Waals surface area contributed by atoms with Gasteiger partial charge in [-0.1, -0.05) is 65.4 Å². The second-order valence-corrected chi connectivity index (χ2v) is 10.1. The first-order chi connectivity index (χ1) is 17.0. The highest BCUT2D eigenvalue weighted by Crippen LogP contribution is 2.41. The SMILES string of the molecule is CS/C(=N/C1(c2ccccc2)N(c2ccc(C)cc2)CC(c2ccc(C)cc2)=[N+]1[O-])N1CCCC1. The molecule has 5 rings (SSSR count). The maximum Gasteiger partial charge on any atom is 0.379 e. The number of benzene rings is 3. The van der Waals surface area contributed by atoms with Crippen LogP contribution in [0, 0.1) is 19.1 Å². The number of aliphatic imine (C=N–C) groups is 1. The highest BCUT2D eigenvalue weighted by Gasteiger charge is 2.55. The van der Waals surface area contributed by atoms with Crippen LogP contribution in [-0.4, -0.2) is 46.4 Å². The van der Waals surface area contributed by atoms with E-state index in [9.17, 15) is 5.21 Å². The molecule has 3 aromatic carbocycles. The largest absolute Gasteiger partial charge is 0.620 e. The number of hydrogen-bond acceptors (Lipinski definition) is 4. The van der Waals surface area contributed by atoms with Crippen LogP contribution in [0.2, 0.25) is 0 Å². The molecule has 0 spiro atoms. The standard InChI is InChI=1S/C29H32N4OS/c1-22-11-15-24(16-12-22)27-21-32(26-17-13-23(2)14-18-26)29(33(27)34,25-9-5-4-6-10-25)30-28(35-3)31-19-7-8-20-31/h4-6,9-18H,7-8,19-21H2,1-3H3/b30-28+. The van der Waals surface area contributed by atoms with Crippen molar-refractivity contribution in [2.45, 2.75) is 32.5 Å². The Bertz CT molecular complexity index is 1230. The number of thioether (sulfide) groups is 1. The van der Waals surface area contributed by atoms with Gasteiger partial charge in [-0.2, -0.15) is 9.73 Å². The van der Waals surface area contributed by atoms with Crippen LogP contribution in [0.5, 0.6) is 0 Å². The van der Waals surface area contributed by atoms with Crippen molar-refractivity contribution in [2.75, 3.05) is 30.8 Å². The number of nitrogens with zero attached hydrogens (tertiary/aromatic N) is 4. The number of hydrogen-bond donors (Lipinski definition) is 0. The van der Waals surface area contributed by atoms with Crippen LogP contribution < -0.4 is 4.90 Å². The topological polar surface area (TPSA) is 44.9 Å². The van der Waals surface area contributed by atoms with Crippen molar-refractivity contribution in [3.8, 4) is 0 Å². The second kappa shape index (κ2) is 9.78. The van der Waals surface area contributed by atoms with Gasteiger partial charge in [-0.15, -0.1) is 0 Å². The summed E-state index contributed by atoms with van der Waals surface area (Å²) in [6.07, 6.45) is 4.36. The molecule has 0 radical (unpaired) electrons. The van der Waals surface area contributed by atoms with E-state index in [4.69, 9.17) is 4.99 Å². The van der Waals surface area contributed by atoms with E-state index in [-0.39, 0.29) is 0 Å². The number of likely N-dealkylation sites (tertiary alicyclic amines) is 1. The van der Waals surface area contributed by atoms with E-state index < -0.39 is 5.79 Å². The van der Waals surface area contributed by atoms with Gasteiger partial charge >= 0.3 is 5.79 Å². The molecule has 0 aromatic heterocycles. The zero-order valence-electron chi connectivity index (χ0n) is 20.6. The van der Waals surface area contributed by atoms with Gasteiger partial charge in [0.05, 0.1) is 5.56 Å². The first kappa shape index (κ1) is 23.5. The average Bonchev–Trinajstić information content (AvgIpc) is 3.52. The van der Waals surface area contributed by atoms with E-state index in [0.717, 1.165) is 58.4 Å². The third-order valence-corrected chi connectivity index (χ3v) is 7.63. The van der Waals surface area contributed by atoms with Crippen LogP contribution in [0.3, 0.4) is 0 Å². The number of rotatable bonds is 4. The third-order valence-electron chi connectivity index (χ3n) is 6.91. The van der Waals surface area contributed by atoms with Gasteiger partial charge in [0.2, 0.25) is 5.71 Å². The van der Waals surface area contributed by atoms with Gasteiger partial charge in [-0.05, 0) is 69.3 Å². The molecule has 0 amide bonds. The lowest BCUT2D eigenvalue weighted by molar-refractivity contribution is -0.547. The molecule has 6 heteroatoms. The van der Waals surface area contributed by atoms with Crippen molar-refractivity contribution in [1.29, 1.82) is 0 Å². The Morgan fingerprint density at radius 1 is 0.886 bits per heavy atom. The fourth-order valence-electron chi connectivity index (χ4n) is 4.96. The van der Waals surface area contributed by atoms with E-state index >= 15 is 0 Å². The predicted octanol–water partition coefficient (Wildman–Crippen LogP) is 5.75. The minimum absolute atomic E-state index is 0.468. The van der Waals surface area contributed by atoms with Crippen LogP contribution in [-0.2, 0) is 5.79 Å². The molecule has 1 fully saturated rings. The first-order valence-corrected chi connectivity index (χ1v) is 13.4. The molecule has 2 aliphatic rings. The Kier molecular flexibility index (Phi) is 6.56. The molecule has 1 atom stereocenters. The van der Waals surface area contributed by atoms with Crippen molar-refractivity contribution < 1.29 is 4.74 Å². The van der Waals surface area contributed by atoms with Gasteiger partial charge in [0.25, 0.3) is 0 Å². The molecule has 0 saturated carbocycles. The summed E-state index contributed by atoms with van der Waals surface area (Å²) in [5.41, 5.74) is 5.86. The lowest BCUT2D eigenvalue weighted by atomic mass is 10.1. The summed E-state index contributed by atoms with van der Waals surface area (Å²) in [4.78, 5) is 9.84. The maximum absolute atomic E-state index is 14.5. The molecule has 0 bridgehead atoms. The van der Waals surface area contributed by atoms with Crippen molar-refractivity contribution in [2.24, 2.45) is 4.99 Å². The van der Waals surface area contributed by atoms with Gasteiger partial charge in [-0.3, -0.25) is 4.90 Å². The fourth-order valence-corrected chi connectivity index (χ4v) is 5.62. The Hall–Kier alpha value is -3.25. The summed E-state index contributed by atoms with van der Waals surface area (Å²) in [6, 6.07) is 26.6. The van der Waals surface area contributed by atoms with Crippen LogP contribution in [0.25, 0.3) is 0 Å². The van der Waals surface area contributed by atoms with Gasteiger partial charge in [-0.25, -0.2) is 0 Å². The lowest BCUT2D eigenvalue weighted by Gasteiger charge is -2.35. The zero-order valence-corrected chi connectivity index (χ0v) is 21.5. The minimum Gasteiger partial charge on any atom is -0.620 e. The number of hydroxylamine groups is 1. The summed E-state index contributed by atoms with van der Waals surface area (Å²) in [6.45, 7) is 6.57. The molecule has 2 aliphatic heterocycles. The van der Waals surface area contributed by atoms with E-state index in [1.165, 1.54) is 11.1 Å². The Morgan fingerprint density at radius 3 is 2.09 bits per heavy atom. The third kappa shape index (κ3) is 4.31. The summed E-state index contributed by atoms with van der Waals surface area (Å²) in [5.74, 6) is -1.24. The van der Waals surface area contributed by atoms with Crippen LogP contribution in [0.15, 0.2) is 83.9 Å². The second-order valence-electron chi connectivity index (χ2n) is 9.32. The average molecular weight is 485 g/mol. The smallest absolute Gasteiger partial charge is 0.379 e. The quantitative estimate of drug-likeness (QED) is 0.205. The van der Waals surface area contributed by atoms with E-state index in [1.807, 2.05) is 42.5 Å². The molecular weight excluding hydrogens is 452 g/mol. The predicted molar refractivity (Wildman–Crippen MR) is 147 cm³/mol. The summed E-state index contributed by atoms with van der Waals surface area (Å²) < 4.78 is 1.15. The Balaban J connectivity index is 1.77. The molecule has 5 nitrogen and oxygen atoms in total. The van der Waals surface area contributed by atoms with Crippen molar-refractivity contribution in [3.05, 3.63) is 106 Å². The Morgan fingerprint density at radius 2 is 1.49 bits per heavy atom. The summed E-state index contributed by atoms with van der Waals surface area (Å²) in [5, 5.41) is 15.4. The van der Waals surface area contributed by atoms with Gasteiger partial charge < -0.3 is 10.1 Å². The monoisotopic (exact) mass is 484 g/mol. The number of anilines is 1. The molecule has 1 saturated heterocycles. The molecule has 1 unspecified atom stereocenters. The molecule has 3 aromatic rings. The van der Waals surface area contributed by atoms with Gasteiger partial charge in [0.1, 0.15) is 6.54 Å². The van der Waals surface area contributed by atoms with Crippen molar-refractivity contribution in [3.63, 3.8) is 0 Å². The number of aryl methyl sites for hydroxylation is 2. The molecule has 35 heavy (non-hydrogen) atoms. The maximum atomic E-state index is 14.5. The van der Waals surface area contributed by atoms with E-state index in [1.54, 1.807) is 11.8 Å². The van der Waals surface area contributed by atoms with Crippen molar-refractivity contribution in [1.82, 2.24) is 4.90 Å². The van der Waals surface area contributed by atoms with Crippen molar-refractivity contribution >= 4 is 28.3 Å².